The van der Waals surface area contributed by atoms with E-state index in [9.17, 15) is 4.79 Å². The summed E-state index contributed by atoms with van der Waals surface area (Å²) in [5.74, 6) is 0.137. The number of methoxy groups -OCH3 is 1. The Bertz CT molecular complexity index is 416. The lowest BCUT2D eigenvalue weighted by Gasteiger charge is -2.24. The van der Waals surface area contributed by atoms with Gasteiger partial charge in [0.05, 0.1) is 12.6 Å². The highest BCUT2D eigenvalue weighted by molar-refractivity contribution is 5.84. The van der Waals surface area contributed by atoms with Gasteiger partial charge in [-0.3, -0.25) is 10.1 Å². The Morgan fingerprint density at radius 1 is 1.33 bits per heavy atom. The lowest BCUT2D eigenvalue weighted by Crippen LogP contribution is -2.33. The molecule has 1 aromatic rings. The lowest BCUT2D eigenvalue weighted by atomic mass is 10.1. The number of rotatable bonds is 4. The standard InChI is InChI=1S/C14H20N2O2/c1-10-4-6-12(7-5-10)13-15-11(2)14(17)16(13)8-9-18-3/h4-7,11,13,15H,8-9H2,1-3H3. The van der Waals surface area contributed by atoms with Crippen molar-refractivity contribution in [2.75, 3.05) is 20.3 Å². The normalized spacial score (nSPS) is 23.7. The number of carbonyl (C=O) groups is 1. The van der Waals surface area contributed by atoms with Gasteiger partial charge in [0.2, 0.25) is 5.91 Å². The average molecular weight is 248 g/mol. The van der Waals surface area contributed by atoms with E-state index in [2.05, 4.69) is 36.5 Å². The zero-order chi connectivity index (χ0) is 13.1. The van der Waals surface area contributed by atoms with E-state index >= 15 is 0 Å². The molecule has 1 aromatic carbocycles. The van der Waals surface area contributed by atoms with E-state index < -0.39 is 0 Å². The molecule has 0 aliphatic carbocycles. The first-order valence-electron chi connectivity index (χ1n) is 6.25. The minimum Gasteiger partial charge on any atom is -0.383 e. The van der Waals surface area contributed by atoms with E-state index in [0.29, 0.717) is 13.2 Å². The van der Waals surface area contributed by atoms with Gasteiger partial charge in [-0.05, 0) is 19.4 Å². The molecular weight excluding hydrogens is 228 g/mol. The minimum atomic E-state index is -0.131. The number of carbonyl (C=O) groups excluding carboxylic acids is 1. The molecule has 4 nitrogen and oxygen atoms in total. The Labute approximate surface area is 108 Å². The van der Waals surface area contributed by atoms with Crippen LogP contribution < -0.4 is 5.32 Å². The van der Waals surface area contributed by atoms with Crippen molar-refractivity contribution >= 4 is 5.91 Å². The molecule has 1 aliphatic heterocycles. The largest absolute Gasteiger partial charge is 0.383 e. The summed E-state index contributed by atoms with van der Waals surface area (Å²) in [6.45, 7) is 5.13. The lowest BCUT2D eigenvalue weighted by molar-refractivity contribution is -0.130. The van der Waals surface area contributed by atoms with Crippen LogP contribution in [-0.4, -0.2) is 37.1 Å². The van der Waals surface area contributed by atoms with Gasteiger partial charge in [0, 0.05) is 13.7 Å². The highest BCUT2D eigenvalue weighted by Crippen LogP contribution is 2.25. The summed E-state index contributed by atoms with van der Waals surface area (Å²) in [6, 6.07) is 8.14. The predicted octanol–water partition coefficient (Wildman–Crippen LogP) is 1.46. The molecule has 0 saturated carbocycles. The van der Waals surface area contributed by atoms with Gasteiger partial charge >= 0.3 is 0 Å². The molecule has 0 radical (unpaired) electrons. The maximum atomic E-state index is 12.1. The zero-order valence-electron chi connectivity index (χ0n) is 11.1. The maximum Gasteiger partial charge on any atom is 0.241 e. The Morgan fingerprint density at radius 2 is 2.00 bits per heavy atom. The number of nitrogens with zero attached hydrogens (tertiary/aromatic N) is 1. The summed E-state index contributed by atoms with van der Waals surface area (Å²) in [7, 11) is 1.65. The van der Waals surface area contributed by atoms with Crippen LogP contribution in [0.2, 0.25) is 0 Å². The van der Waals surface area contributed by atoms with Crippen molar-refractivity contribution < 1.29 is 9.53 Å². The van der Waals surface area contributed by atoms with Gasteiger partial charge in [0.25, 0.3) is 0 Å². The van der Waals surface area contributed by atoms with Crippen molar-refractivity contribution in [1.82, 2.24) is 10.2 Å². The van der Waals surface area contributed by atoms with Gasteiger partial charge in [-0.15, -0.1) is 0 Å². The Balaban J connectivity index is 2.19. The molecule has 18 heavy (non-hydrogen) atoms. The predicted molar refractivity (Wildman–Crippen MR) is 70.1 cm³/mol. The Hall–Kier alpha value is -1.39. The fraction of sp³-hybridized carbons (Fsp3) is 0.500. The number of hydrogen-bond donors (Lipinski definition) is 1. The van der Waals surface area contributed by atoms with Gasteiger partial charge in [-0.1, -0.05) is 29.8 Å². The molecule has 98 valence electrons. The molecule has 1 N–H and O–H groups in total. The molecule has 1 fully saturated rings. The molecule has 1 heterocycles. The molecule has 1 amide bonds. The molecule has 0 spiro atoms. The van der Waals surface area contributed by atoms with Crippen LogP contribution in [0.4, 0.5) is 0 Å². The van der Waals surface area contributed by atoms with E-state index in [0.717, 1.165) is 5.56 Å². The van der Waals surface area contributed by atoms with E-state index in [-0.39, 0.29) is 18.1 Å². The number of benzene rings is 1. The van der Waals surface area contributed by atoms with Gasteiger partial charge in [-0.2, -0.15) is 0 Å². The second kappa shape index (κ2) is 5.50. The average Bonchev–Trinajstić information content (AvgIpc) is 2.64. The highest BCUT2D eigenvalue weighted by atomic mass is 16.5. The zero-order valence-corrected chi connectivity index (χ0v) is 11.1. The Kier molecular flexibility index (Phi) is 3.99. The molecule has 1 saturated heterocycles. The van der Waals surface area contributed by atoms with Crippen molar-refractivity contribution in [1.29, 1.82) is 0 Å². The molecular formula is C14H20N2O2. The third-order valence-electron chi connectivity index (χ3n) is 3.30. The van der Waals surface area contributed by atoms with Gasteiger partial charge in [0.1, 0.15) is 6.17 Å². The third-order valence-corrected chi connectivity index (χ3v) is 3.30. The van der Waals surface area contributed by atoms with Crippen LogP contribution in [0.25, 0.3) is 0 Å². The minimum absolute atomic E-state index is 0.0387. The monoisotopic (exact) mass is 248 g/mol. The van der Waals surface area contributed by atoms with E-state index in [1.807, 2.05) is 11.8 Å². The second-order valence-corrected chi connectivity index (χ2v) is 4.73. The molecule has 2 atom stereocenters. The second-order valence-electron chi connectivity index (χ2n) is 4.73. The van der Waals surface area contributed by atoms with E-state index in [1.165, 1.54) is 5.56 Å². The number of ether oxygens (including phenoxy) is 1. The van der Waals surface area contributed by atoms with Crippen LogP contribution in [0.1, 0.15) is 24.2 Å². The summed E-state index contributed by atoms with van der Waals surface area (Å²) in [6.07, 6.45) is -0.0387. The Morgan fingerprint density at radius 3 is 2.61 bits per heavy atom. The number of hydrogen-bond acceptors (Lipinski definition) is 3. The van der Waals surface area contributed by atoms with Gasteiger partial charge in [-0.25, -0.2) is 0 Å². The first kappa shape index (κ1) is 13.1. The van der Waals surface area contributed by atoms with Crippen LogP contribution >= 0.6 is 0 Å². The van der Waals surface area contributed by atoms with E-state index in [1.54, 1.807) is 7.11 Å². The van der Waals surface area contributed by atoms with Crippen molar-refractivity contribution in [3.05, 3.63) is 35.4 Å². The van der Waals surface area contributed by atoms with Crippen LogP contribution in [0.15, 0.2) is 24.3 Å². The fourth-order valence-corrected chi connectivity index (χ4v) is 2.23. The van der Waals surface area contributed by atoms with Crippen molar-refractivity contribution in [2.24, 2.45) is 0 Å². The molecule has 0 bridgehead atoms. The number of nitrogens with one attached hydrogen (secondary N) is 1. The van der Waals surface area contributed by atoms with Crippen molar-refractivity contribution in [3.8, 4) is 0 Å². The smallest absolute Gasteiger partial charge is 0.241 e. The van der Waals surface area contributed by atoms with Gasteiger partial charge in [0.15, 0.2) is 0 Å². The van der Waals surface area contributed by atoms with Crippen LogP contribution in [0.5, 0.6) is 0 Å². The summed E-state index contributed by atoms with van der Waals surface area (Å²) in [5, 5.41) is 3.32. The summed E-state index contributed by atoms with van der Waals surface area (Å²) in [4.78, 5) is 13.9. The summed E-state index contributed by atoms with van der Waals surface area (Å²) in [5.41, 5.74) is 2.34. The first-order valence-corrected chi connectivity index (χ1v) is 6.25. The molecule has 0 aromatic heterocycles. The fourth-order valence-electron chi connectivity index (χ4n) is 2.23. The maximum absolute atomic E-state index is 12.1. The number of amides is 1. The summed E-state index contributed by atoms with van der Waals surface area (Å²) < 4.78 is 5.07. The number of aryl methyl sites for hydroxylation is 1. The van der Waals surface area contributed by atoms with Crippen molar-refractivity contribution in [2.45, 2.75) is 26.1 Å². The third kappa shape index (κ3) is 2.54. The van der Waals surface area contributed by atoms with Crippen LogP contribution in [0, 0.1) is 6.92 Å². The highest BCUT2D eigenvalue weighted by Gasteiger charge is 2.36. The SMILES string of the molecule is COCCN1C(=O)C(C)NC1c1ccc(C)cc1. The molecule has 1 aliphatic rings. The molecule has 4 heteroatoms. The van der Waals surface area contributed by atoms with Crippen molar-refractivity contribution in [3.63, 3.8) is 0 Å². The quantitative estimate of drug-likeness (QED) is 0.877. The van der Waals surface area contributed by atoms with E-state index in [4.69, 9.17) is 4.74 Å². The van der Waals surface area contributed by atoms with Crippen LogP contribution in [-0.2, 0) is 9.53 Å². The summed E-state index contributed by atoms with van der Waals surface area (Å²) >= 11 is 0. The molecule has 2 rings (SSSR count). The van der Waals surface area contributed by atoms with Gasteiger partial charge < -0.3 is 9.64 Å². The van der Waals surface area contributed by atoms with Crippen LogP contribution in [0.3, 0.4) is 0 Å². The molecule has 2 unspecified atom stereocenters. The first-order chi connectivity index (χ1) is 8.63. The topological polar surface area (TPSA) is 41.6 Å².